The van der Waals surface area contributed by atoms with E-state index in [-0.39, 0.29) is 24.7 Å². The molecule has 12 heteroatoms. The summed E-state index contributed by atoms with van der Waals surface area (Å²) in [6.07, 6.45) is -2.34. The summed E-state index contributed by atoms with van der Waals surface area (Å²) in [5.74, 6) is -1.76. The summed E-state index contributed by atoms with van der Waals surface area (Å²) in [7, 11) is 0. The third kappa shape index (κ3) is 7.01. The Morgan fingerprint density at radius 1 is 1.13 bits per heavy atom. The number of ether oxygens (including phenoxy) is 1. The molecule has 0 bridgehead atoms. The van der Waals surface area contributed by atoms with Crippen molar-refractivity contribution in [2.75, 3.05) is 19.7 Å². The molecule has 0 unspecified atom stereocenters. The Balaban J connectivity index is 1.50. The van der Waals surface area contributed by atoms with Crippen molar-refractivity contribution < 1.29 is 32.6 Å². The van der Waals surface area contributed by atoms with Crippen LogP contribution in [0.3, 0.4) is 0 Å². The molecule has 39 heavy (non-hydrogen) atoms. The van der Waals surface area contributed by atoms with Gasteiger partial charge in [0, 0.05) is 36.7 Å². The minimum absolute atomic E-state index is 0.0490. The van der Waals surface area contributed by atoms with Crippen molar-refractivity contribution in [2.45, 2.75) is 95.9 Å². The van der Waals surface area contributed by atoms with Crippen molar-refractivity contribution in [1.82, 2.24) is 24.8 Å². The van der Waals surface area contributed by atoms with E-state index in [1.165, 1.54) is 0 Å². The smallest absolute Gasteiger partial charge is 0.408 e. The molecule has 2 aliphatic rings. The van der Waals surface area contributed by atoms with Crippen LogP contribution in [0.5, 0.6) is 0 Å². The molecular weight excluding hydrogens is 515 g/mol. The normalized spacial score (nSPS) is 23.5. The van der Waals surface area contributed by atoms with Gasteiger partial charge in [-0.1, -0.05) is 0 Å². The summed E-state index contributed by atoms with van der Waals surface area (Å²) in [5, 5.41) is 17.1. The number of halogens is 3. The van der Waals surface area contributed by atoms with Gasteiger partial charge in [0.25, 0.3) is 0 Å². The van der Waals surface area contributed by atoms with Crippen LogP contribution in [-0.4, -0.2) is 74.1 Å². The van der Waals surface area contributed by atoms with Crippen LogP contribution >= 0.6 is 0 Å². The van der Waals surface area contributed by atoms with Gasteiger partial charge in [0.05, 0.1) is 23.9 Å². The topological polar surface area (TPSA) is 109 Å². The number of nitrogens with zero attached hydrogens (tertiary/aromatic N) is 4. The number of alkyl halides is 3. The second-order valence-corrected chi connectivity index (χ2v) is 11.8. The molecule has 0 spiro atoms. The number of aryl methyl sites for hydroxylation is 1. The number of amides is 2. The summed E-state index contributed by atoms with van der Waals surface area (Å²) >= 11 is 0. The molecule has 0 aromatic carbocycles. The predicted molar refractivity (Wildman–Crippen MR) is 137 cm³/mol. The third-order valence-electron chi connectivity index (χ3n) is 7.53. The number of aliphatic hydroxyl groups is 1. The van der Waals surface area contributed by atoms with E-state index in [4.69, 9.17) is 9.84 Å². The predicted octanol–water partition coefficient (Wildman–Crippen LogP) is 4.47. The Kier molecular flexibility index (Phi) is 8.44. The van der Waals surface area contributed by atoms with Gasteiger partial charge < -0.3 is 20.1 Å². The van der Waals surface area contributed by atoms with Gasteiger partial charge in [0.1, 0.15) is 11.6 Å². The van der Waals surface area contributed by atoms with E-state index in [9.17, 15) is 27.9 Å². The monoisotopic (exact) mass is 553 g/mol. The molecule has 0 radical (unpaired) electrons. The van der Waals surface area contributed by atoms with Crippen LogP contribution in [0.2, 0.25) is 0 Å². The van der Waals surface area contributed by atoms with Gasteiger partial charge in [-0.3, -0.25) is 4.79 Å². The first-order valence-electron chi connectivity index (χ1n) is 13.6. The van der Waals surface area contributed by atoms with Crippen LogP contribution < -0.4 is 5.32 Å². The fourth-order valence-corrected chi connectivity index (χ4v) is 5.63. The van der Waals surface area contributed by atoms with E-state index in [1.54, 1.807) is 30.2 Å². The van der Waals surface area contributed by atoms with Crippen LogP contribution in [0, 0.1) is 12.8 Å². The molecule has 1 aliphatic heterocycles. The van der Waals surface area contributed by atoms with E-state index >= 15 is 0 Å². The molecule has 1 saturated heterocycles. The molecule has 2 aromatic heterocycles. The van der Waals surface area contributed by atoms with Gasteiger partial charge in [-0.05, 0) is 72.3 Å². The number of hydrogen-bond acceptors (Lipinski definition) is 6. The highest BCUT2D eigenvalue weighted by Gasteiger charge is 2.42. The summed E-state index contributed by atoms with van der Waals surface area (Å²) in [5.41, 5.74) is 2.31. The number of carbonyl (C=O) groups excluding carboxylic acids is 2. The number of nitrogens with one attached hydrogen (secondary N) is 1. The number of aliphatic hydroxyl groups excluding tert-OH is 1. The Bertz CT molecular complexity index is 1180. The fourth-order valence-electron chi connectivity index (χ4n) is 5.63. The number of hydrogen-bond donors (Lipinski definition) is 2. The van der Waals surface area contributed by atoms with Crippen molar-refractivity contribution >= 4 is 17.6 Å². The number of piperidine rings is 1. The van der Waals surface area contributed by atoms with E-state index in [1.807, 2.05) is 19.1 Å². The molecule has 1 aliphatic carbocycles. The van der Waals surface area contributed by atoms with Crippen molar-refractivity contribution in [3.05, 3.63) is 29.2 Å². The Morgan fingerprint density at radius 2 is 1.82 bits per heavy atom. The standard InChI is InChI=1S/C27H38F3N5O4/c1-16-12-22(35-23(31-16)13-20(33-35)17-7-9-19(10-8-17)27(28,29)30)18-6-5-11-34(14-18)24(37)21(15-36)32-25(38)39-26(2,3)4/h12-13,17-19,21,36H,5-11,14-15H2,1-4H3,(H,32,38)/t17-,18-,19-,21+/m1/s1. The lowest BCUT2D eigenvalue weighted by atomic mass is 9.80. The summed E-state index contributed by atoms with van der Waals surface area (Å²) < 4.78 is 46.4. The van der Waals surface area contributed by atoms with Gasteiger partial charge in [-0.15, -0.1) is 0 Å². The maximum atomic E-state index is 13.2. The molecule has 3 heterocycles. The number of likely N-dealkylation sites (tertiary alicyclic amines) is 1. The van der Waals surface area contributed by atoms with E-state index in [0.717, 1.165) is 29.9 Å². The molecule has 2 amide bonds. The van der Waals surface area contributed by atoms with Crippen LogP contribution in [0.4, 0.5) is 18.0 Å². The molecule has 4 rings (SSSR count). The minimum atomic E-state index is -4.16. The number of aromatic nitrogens is 3. The maximum Gasteiger partial charge on any atom is 0.408 e. The Hall–Kier alpha value is -2.89. The molecular formula is C27H38F3N5O4. The zero-order chi connectivity index (χ0) is 28.5. The summed E-state index contributed by atoms with van der Waals surface area (Å²) in [6, 6.07) is 2.68. The molecule has 216 valence electrons. The average molecular weight is 554 g/mol. The van der Waals surface area contributed by atoms with Crippen molar-refractivity contribution in [3.8, 4) is 0 Å². The Morgan fingerprint density at radius 3 is 2.44 bits per heavy atom. The average Bonchev–Trinajstić information content (AvgIpc) is 3.29. The first-order chi connectivity index (χ1) is 18.2. The molecule has 1 saturated carbocycles. The number of rotatable bonds is 5. The van der Waals surface area contributed by atoms with Crippen LogP contribution in [0.15, 0.2) is 12.1 Å². The molecule has 2 atom stereocenters. The van der Waals surface area contributed by atoms with Crippen molar-refractivity contribution in [3.63, 3.8) is 0 Å². The second-order valence-electron chi connectivity index (χ2n) is 11.8. The highest BCUT2D eigenvalue weighted by atomic mass is 19.4. The highest BCUT2D eigenvalue weighted by Crippen LogP contribution is 2.43. The highest BCUT2D eigenvalue weighted by molar-refractivity contribution is 5.86. The number of carbonyl (C=O) groups is 2. The largest absolute Gasteiger partial charge is 0.444 e. The van der Waals surface area contributed by atoms with Gasteiger partial charge in [0.15, 0.2) is 5.65 Å². The van der Waals surface area contributed by atoms with Crippen molar-refractivity contribution in [1.29, 1.82) is 0 Å². The van der Waals surface area contributed by atoms with E-state index in [0.29, 0.717) is 31.6 Å². The second kappa shape index (κ2) is 11.3. The number of alkyl carbamates (subject to hydrolysis) is 1. The molecule has 9 nitrogen and oxygen atoms in total. The number of fused-ring (bicyclic) bond motifs is 1. The first kappa shape index (κ1) is 29.1. The first-order valence-corrected chi connectivity index (χ1v) is 13.6. The molecule has 2 aromatic rings. The zero-order valence-corrected chi connectivity index (χ0v) is 22.9. The van der Waals surface area contributed by atoms with Gasteiger partial charge in [-0.25, -0.2) is 14.3 Å². The Labute approximate surface area is 226 Å². The van der Waals surface area contributed by atoms with Crippen molar-refractivity contribution in [2.24, 2.45) is 5.92 Å². The zero-order valence-electron chi connectivity index (χ0n) is 22.9. The lowest BCUT2D eigenvalue weighted by Crippen LogP contribution is -2.53. The molecule has 2 N–H and O–H groups in total. The maximum absolute atomic E-state index is 13.2. The molecule has 2 fully saturated rings. The van der Waals surface area contributed by atoms with Crippen LogP contribution in [-0.2, 0) is 9.53 Å². The van der Waals surface area contributed by atoms with E-state index in [2.05, 4.69) is 10.3 Å². The lowest BCUT2D eigenvalue weighted by molar-refractivity contribution is -0.182. The minimum Gasteiger partial charge on any atom is -0.444 e. The quantitative estimate of drug-likeness (QED) is 0.566. The van der Waals surface area contributed by atoms with Gasteiger partial charge >= 0.3 is 12.3 Å². The SMILES string of the molecule is Cc1cc([C@@H]2CCCN(C(=O)[C@H](CO)NC(=O)OC(C)(C)C)C2)n2nc([C@H]3CC[C@H](C(F)(F)F)CC3)cc2n1. The van der Waals surface area contributed by atoms with Gasteiger partial charge in [-0.2, -0.15) is 18.3 Å². The van der Waals surface area contributed by atoms with E-state index < -0.39 is 42.3 Å². The summed E-state index contributed by atoms with van der Waals surface area (Å²) in [4.78, 5) is 31.7. The third-order valence-corrected chi connectivity index (χ3v) is 7.53. The summed E-state index contributed by atoms with van der Waals surface area (Å²) in [6.45, 7) is 7.31. The lowest BCUT2D eigenvalue weighted by Gasteiger charge is -2.35. The van der Waals surface area contributed by atoms with Crippen LogP contribution in [0.25, 0.3) is 5.65 Å². The fraction of sp³-hybridized carbons (Fsp3) is 0.704. The van der Waals surface area contributed by atoms with Crippen LogP contribution in [0.1, 0.15) is 88.2 Å². The van der Waals surface area contributed by atoms with Gasteiger partial charge in [0.2, 0.25) is 5.91 Å².